The Morgan fingerprint density at radius 1 is 0.372 bits per heavy atom. The SMILES string of the molecule is O=C(O)c1ccc(Oc2ccc3c(c2)-c2nc-3nc3[nH]c(nc4nc(nc5[nH]c(n2)c2cc6c(cc52)OC2(O6)C5CC6CC(C5)CC2C6)-c2cc5c(cc2-4)OC2(O5)C4CC5CC(C4)CC2C5)c2cc4c(cc32)OC2(O4)C3CC4CC(C3)CC2C4)cc1. The number of benzene rings is 5. The summed E-state index contributed by atoms with van der Waals surface area (Å²) in [4.78, 5) is 51.8. The molecule has 17 aliphatic rings. The number of nitrogens with one attached hydrogen (secondary N) is 2. The highest BCUT2D eigenvalue weighted by Gasteiger charge is 2.66. The second-order valence-corrected chi connectivity index (χ2v) is 28.5. The van der Waals surface area contributed by atoms with Crippen molar-refractivity contribution in [3.8, 4) is 91.5 Å². The van der Waals surface area contributed by atoms with Crippen molar-refractivity contribution >= 4 is 50.1 Å². The third-order valence-electron chi connectivity index (χ3n) is 23.8. The van der Waals surface area contributed by atoms with Gasteiger partial charge in [0.1, 0.15) is 34.1 Å². The molecular formula is C69H58N8O9. The molecule has 12 aliphatic carbocycles. The Kier molecular flexibility index (Phi) is 8.56. The molecule has 25 rings (SSSR count). The van der Waals surface area contributed by atoms with E-state index in [1.165, 1.54) is 31.4 Å². The van der Waals surface area contributed by atoms with Gasteiger partial charge < -0.3 is 48.2 Å². The largest absolute Gasteiger partial charge is 0.478 e. The molecule has 3 spiro atoms. The van der Waals surface area contributed by atoms with Gasteiger partial charge in [0, 0.05) is 79.3 Å². The molecule has 0 unspecified atom stereocenters. The maximum atomic E-state index is 11.8. The number of carbonyl (C=O) groups is 1. The Labute approximate surface area is 491 Å². The van der Waals surface area contributed by atoms with E-state index >= 15 is 0 Å². The smallest absolute Gasteiger partial charge is 0.335 e. The van der Waals surface area contributed by atoms with E-state index in [1.54, 1.807) is 12.1 Å². The van der Waals surface area contributed by atoms with Crippen molar-refractivity contribution in [1.29, 1.82) is 0 Å². The van der Waals surface area contributed by atoms with Crippen LogP contribution in [-0.4, -0.2) is 68.3 Å². The van der Waals surface area contributed by atoms with Crippen LogP contribution in [0.5, 0.6) is 46.0 Å². The van der Waals surface area contributed by atoms with Crippen LogP contribution in [0.1, 0.15) is 107 Å². The number of fused-ring (bicyclic) bond motifs is 23. The number of nitrogens with zero attached hydrogens (tertiary/aromatic N) is 6. The lowest BCUT2D eigenvalue weighted by Gasteiger charge is -2.57. The van der Waals surface area contributed by atoms with E-state index in [2.05, 4.69) is 46.4 Å². The molecule has 8 heterocycles. The van der Waals surface area contributed by atoms with Crippen LogP contribution in [0.2, 0.25) is 0 Å². The van der Waals surface area contributed by atoms with Gasteiger partial charge in [0.25, 0.3) is 17.4 Å². The molecule has 5 aliphatic heterocycles. The summed E-state index contributed by atoms with van der Waals surface area (Å²) in [6.45, 7) is 0. The monoisotopic (exact) mass is 1140 g/mol. The van der Waals surface area contributed by atoms with Crippen LogP contribution in [0.4, 0.5) is 0 Å². The van der Waals surface area contributed by atoms with Crippen molar-refractivity contribution < 1.29 is 43.1 Å². The minimum atomic E-state index is -1.01. The van der Waals surface area contributed by atoms with E-state index < -0.39 is 23.3 Å². The van der Waals surface area contributed by atoms with Crippen LogP contribution in [0, 0.1) is 71.0 Å². The first-order valence-corrected chi connectivity index (χ1v) is 31.7. The lowest BCUT2D eigenvalue weighted by atomic mass is 9.53. The average molecular weight is 1140 g/mol. The number of carboxylic acids is 1. The number of hydrogen-bond acceptors (Lipinski definition) is 14. The summed E-state index contributed by atoms with van der Waals surface area (Å²) < 4.78 is 49.7. The first-order chi connectivity index (χ1) is 42.1. The van der Waals surface area contributed by atoms with Gasteiger partial charge >= 0.3 is 5.97 Å². The lowest BCUT2D eigenvalue weighted by molar-refractivity contribution is -0.241. The third-order valence-corrected chi connectivity index (χ3v) is 23.8. The molecule has 20 bridgehead atoms. The zero-order chi connectivity index (χ0) is 55.8. The maximum absolute atomic E-state index is 11.8. The summed E-state index contributed by atoms with van der Waals surface area (Å²) in [7, 11) is 0. The molecule has 17 heteroatoms. The fraction of sp³-hybridized carbons (Fsp3) is 0.435. The van der Waals surface area contributed by atoms with Gasteiger partial charge in [-0.1, -0.05) is 0 Å². The predicted molar refractivity (Wildman–Crippen MR) is 313 cm³/mol. The highest BCUT2D eigenvalue weighted by atomic mass is 16.7. The van der Waals surface area contributed by atoms with E-state index in [1.807, 2.05) is 18.2 Å². The minimum Gasteiger partial charge on any atom is -0.478 e. The topological polar surface area (TPSA) is 211 Å². The van der Waals surface area contributed by atoms with E-state index in [4.69, 9.17) is 63.1 Å². The second-order valence-electron chi connectivity index (χ2n) is 28.5. The van der Waals surface area contributed by atoms with Gasteiger partial charge in [-0.15, -0.1) is 0 Å². The number of hydrogen-bond donors (Lipinski definition) is 3. The van der Waals surface area contributed by atoms with Gasteiger partial charge in [-0.05, 0) is 211 Å². The maximum Gasteiger partial charge on any atom is 0.335 e. The quantitative estimate of drug-likeness (QED) is 0.150. The van der Waals surface area contributed by atoms with E-state index in [0.717, 1.165) is 157 Å². The van der Waals surface area contributed by atoms with Crippen molar-refractivity contribution in [1.82, 2.24) is 39.9 Å². The molecule has 86 heavy (non-hydrogen) atoms. The van der Waals surface area contributed by atoms with Gasteiger partial charge in [-0.3, -0.25) is 0 Å². The van der Waals surface area contributed by atoms with E-state index in [9.17, 15) is 9.90 Å². The molecule has 428 valence electrons. The summed E-state index contributed by atoms with van der Waals surface area (Å²) in [5.74, 6) is 10.4. The van der Waals surface area contributed by atoms with Crippen molar-refractivity contribution in [2.75, 3.05) is 0 Å². The minimum absolute atomic E-state index is 0.167. The summed E-state index contributed by atoms with van der Waals surface area (Å²) in [6, 6.07) is 24.6. The van der Waals surface area contributed by atoms with E-state index in [0.29, 0.717) is 127 Å². The summed E-state index contributed by atoms with van der Waals surface area (Å²) in [5, 5.41) is 12.8. The lowest BCUT2D eigenvalue weighted by Crippen LogP contribution is -2.62. The molecule has 17 nitrogen and oxygen atoms in total. The Balaban J connectivity index is 0.773. The molecule has 3 aromatic heterocycles. The number of rotatable bonds is 3. The molecule has 0 saturated heterocycles. The molecule has 0 amide bonds. The number of carboxylic acid groups (broad SMARTS) is 1. The zero-order valence-electron chi connectivity index (χ0n) is 46.9. The Morgan fingerprint density at radius 2 is 0.674 bits per heavy atom. The van der Waals surface area contributed by atoms with Crippen LogP contribution in [-0.2, 0) is 0 Å². The molecule has 12 fully saturated rings. The Bertz CT molecular complexity index is 4560. The molecule has 12 saturated carbocycles. The number of ether oxygens (including phenoxy) is 7. The molecule has 5 aromatic carbocycles. The van der Waals surface area contributed by atoms with Crippen molar-refractivity contribution in [2.45, 2.75) is 114 Å². The average Bonchev–Trinajstić information content (AvgIpc) is 1.66. The summed E-state index contributed by atoms with van der Waals surface area (Å²) >= 11 is 0. The van der Waals surface area contributed by atoms with Gasteiger partial charge in [-0.2, -0.15) is 0 Å². The fourth-order valence-corrected chi connectivity index (χ4v) is 20.7. The highest BCUT2D eigenvalue weighted by Crippen LogP contribution is 2.67. The zero-order valence-corrected chi connectivity index (χ0v) is 46.9. The van der Waals surface area contributed by atoms with Gasteiger partial charge in [0.15, 0.2) is 57.8 Å². The first-order valence-electron chi connectivity index (χ1n) is 31.7. The second kappa shape index (κ2) is 15.7. The van der Waals surface area contributed by atoms with Crippen LogP contribution in [0.25, 0.3) is 89.7 Å². The normalized spacial score (nSPS) is 34.6. The molecule has 3 N–H and O–H groups in total. The molecule has 8 aromatic rings. The molecular weight excluding hydrogens is 1080 g/mol. The standard InChI is InChI=1S/C69H58N8O9/c78-66(79)35-1-3-42(4-2-35)80-43-5-6-44-45(22-43)59-70-58(44)71-60-46-23-52-53(82-67(81-52)36-10-29-7-30(12-36)13-37(67)11-29)24-47(46)62(73-60)75-64-50-27-56-57(86-69(85-56)40-18-33-9-34(20-40)21-41(69)19-33)28-51(50)65(77-64)76-63-49-26-55-54(25-48(49)61(72-59)74-63)83-68(84-55)38-14-31-8-32(16-38)17-39(68)15-31/h1-6,22-34,36-41H,7-21H2,(H,78,79)(H2,70,71,72,73,74,75,76,77). The number of aromatic amines is 2. The van der Waals surface area contributed by atoms with Crippen molar-refractivity contribution in [3.63, 3.8) is 0 Å². The highest BCUT2D eigenvalue weighted by molar-refractivity contribution is 6.08. The van der Waals surface area contributed by atoms with Crippen LogP contribution < -0.4 is 33.2 Å². The van der Waals surface area contributed by atoms with Gasteiger partial charge in [0.2, 0.25) is 0 Å². The predicted octanol–water partition coefficient (Wildman–Crippen LogP) is 14.1. The Hall–Kier alpha value is -8.47. The molecule has 0 atom stereocenters. The van der Waals surface area contributed by atoms with Gasteiger partial charge in [-0.25, -0.2) is 34.7 Å². The van der Waals surface area contributed by atoms with Crippen LogP contribution >= 0.6 is 0 Å². The van der Waals surface area contributed by atoms with Crippen LogP contribution in [0.15, 0.2) is 78.9 Å². The summed E-state index contributed by atoms with van der Waals surface area (Å²) in [6.07, 6.45) is 17.5. The third kappa shape index (κ3) is 6.18. The fourth-order valence-electron chi connectivity index (χ4n) is 20.7. The van der Waals surface area contributed by atoms with Crippen LogP contribution in [0.3, 0.4) is 0 Å². The Morgan fingerprint density at radius 3 is 1.01 bits per heavy atom. The van der Waals surface area contributed by atoms with E-state index in [-0.39, 0.29) is 5.56 Å². The number of H-pyrrole nitrogens is 2. The van der Waals surface area contributed by atoms with Crippen molar-refractivity contribution in [3.05, 3.63) is 84.4 Å². The van der Waals surface area contributed by atoms with Gasteiger partial charge in [0.05, 0.1) is 5.56 Å². The van der Waals surface area contributed by atoms with Crippen molar-refractivity contribution in [2.24, 2.45) is 71.0 Å². The summed E-state index contributed by atoms with van der Waals surface area (Å²) in [5.41, 5.74) is 5.31. The first kappa shape index (κ1) is 46.8. The number of aromatic carboxylic acids is 1. The molecule has 0 radical (unpaired) electrons. The number of aromatic nitrogens is 8.